The predicted molar refractivity (Wildman–Crippen MR) is 109 cm³/mol. The monoisotopic (exact) mass is 388 g/mol. The number of thiol groups is 1. The minimum absolute atomic E-state index is 0.0583. The number of hydrogen-bond acceptors (Lipinski definition) is 5. The van der Waals surface area contributed by atoms with Crippen molar-refractivity contribution in [3.8, 4) is 0 Å². The van der Waals surface area contributed by atoms with Gasteiger partial charge in [-0.2, -0.15) is 12.6 Å². The molecule has 0 saturated heterocycles. The second kappa shape index (κ2) is 13.8. The number of ether oxygens (including phenoxy) is 1. The summed E-state index contributed by atoms with van der Waals surface area (Å²) < 4.78 is 5.70. The van der Waals surface area contributed by atoms with Gasteiger partial charge in [-0.3, -0.25) is 19.3 Å². The second-order valence-corrected chi connectivity index (χ2v) is 7.02. The molecule has 0 spiro atoms. The summed E-state index contributed by atoms with van der Waals surface area (Å²) >= 11 is 3.53. The number of amides is 3. The molecule has 0 radical (unpaired) electrons. The Hall–Kier alpha value is -1.34. The number of carbonyl (C=O) groups excluding carboxylic acids is 3. The standard InChI is InChI=1S/C11H23NO2.C7H9NO2.CH4S/c1-6-11(4,5)14-8-7-10(2,3)12-9-13;1-2-5-8-6(9)3-4-7(8)10;1-2/h9H,6-8H2,1-5H3,(H,12,13);3-4H,2,5H2,1H3;2H,1H3. The lowest BCUT2D eigenvalue weighted by atomic mass is 10.0. The van der Waals surface area contributed by atoms with E-state index in [2.05, 4.69) is 38.7 Å². The Morgan fingerprint density at radius 3 is 2.00 bits per heavy atom. The fourth-order valence-electron chi connectivity index (χ4n) is 1.79. The summed E-state index contributed by atoms with van der Waals surface area (Å²) in [4.78, 5) is 33.1. The Morgan fingerprint density at radius 2 is 1.62 bits per heavy atom. The van der Waals surface area contributed by atoms with E-state index in [4.69, 9.17) is 4.74 Å². The summed E-state index contributed by atoms with van der Waals surface area (Å²) in [5.41, 5.74) is -0.233. The maximum absolute atomic E-state index is 10.8. The van der Waals surface area contributed by atoms with Crippen LogP contribution in [0.15, 0.2) is 12.2 Å². The molecule has 0 aromatic heterocycles. The molecule has 1 rings (SSSR count). The summed E-state index contributed by atoms with van der Waals surface area (Å²) in [5.74, 6) is -0.376. The summed E-state index contributed by atoms with van der Waals surface area (Å²) in [6, 6.07) is 0. The number of nitrogens with zero attached hydrogens (tertiary/aromatic N) is 1. The van der Waals surface area contributed by atoms with Gasteiger partial charge in [-0.25, -0.2) is 0 Å². The fourth-order valence-corrected chi connectivity index (χ4v) is 1.79. The van der Waals surface area contributed by atoms with Crippen molar-refractivity contribution in [1.82, 2.24) is 10.2 Å². The first-order chi connectivity index (χ1) is 12.1. The molecule has 0 aromatic rings. The van der Waals surface area contributed by atoms with Gasteiger partial charge in [0.25, 0.3) is 11.8 Å². The van der Waals surface area contributed by atoms with E-state index in [1.165, 1.54) is 17.1 Å². The van der Waals surface area contributed by atoms with Crippen LogP contribution in [0.3, 0.4) is 0 Å². The van der Waals surface area contributed by atoms with Crippen LogP contribution >= 0.6 is 12.6 Å². The molecule has 1 N–H and O–H groups in total. The van der Waals surface area contributed by atoms with Gasteiger partial charge in [0.15, 0.2) is 0 Å². The third-order valence-electron chi connectivity index (χ3n) is 3.87. The van der Waals surface area contributed by atoms with Crippen LogP contribution < -0.4 is 5.32 Å². The SMILES string of the molecule is CCC(C)(C)OCCC(C)(C)NC=O.CCCN1C(=O)C=CC1=O.CS. The van der Waals surface area contributed by atoms with Crippen molar-refractivity contribution in [1.29, 1.82) is 0 Å². The quantitative estimate of drug-likeness (QED) is 0.362. The Morgan fingerprint density at radius 1 is 1.12 bits per heavy atom. The third-order valence-corrected chi connectivity index (χ3v) is 3.87. The van der Waals surface area contributed by atoms with Crippen molar-refractivity contribution in [3.63, 3.8) is 0 Å². The molecule has 0 bridgehead atoms. The zero-order valence-corrected chi connectivity index (χ0v) is 18.2. The highest BCUT2D eigenvalue weighted by Gasteiger charge is 2.21. The van der Waals surface area contributed by atoms with Gasteiger partial charge in [0.1, 0.15) is 0 Å². The van der Waals surface area contributed by atoms with Crippen molar-refractivity contribution in [3.05, 3.63) is 12.2 Å². The van der Waals surface area contributed by atoms with E-state index in [0.717, 1.165) is 25.7 Å². The van der Waals surface area contributed by atoms with Gasteiger partial charge in [0.2, 0.25) is 6.41 Å². The van der Waals surface area contributed by atoms with Crippen molar-refractivity contribution in [2.75, 3.05) is 19.4 Å². The Kier molecular flexibility index (Phi) is 14.3. The number of nitrogens with one attached hydrogen (secondary N) is 1. The molecule has 3 amide bonds. The zero-order valence-electron chi connectivity index (χ0n) is 17.3. The average Bonchev–Trinajstić information content (AvgIpc) is 2.89. The van der Waals surface area contributed by atoms with Crippen LogP contribution in [0.1, 0.15) is 60.8 Å². The summed E-state index contributed by atoms with van der Waals surface area (Å²) in [5, 5.41) is 2.77. The van der Waals surface area contributed by atoms with Gasteiger partial charge in [0.05, 0.1) is 5.60 Å². The smallest absolute Gasteiger partial charge is 0.253 e. The normalized spacial score (nSPS) is 13.6. The van der Waals surface area contributed by atoms with E-state index in [1.54, 1.807) is 6.26 Å². The van der Waals surface area contributed by atoms with E-state index in [0.29, 0.717) is 13.2 Å². The molecule has 0 aliphatic carbocycles. The zero-order chi connectivity index (χ0) is 20.8. The second-order valence-electron chi connectivity index (χ2n) is 7.02. The lowest BCUT2D eigenvalue weighted by Gasteiger charge is -2.28. The molecule has 0 atom stereocenters. The van der Waals surface area contributed by atoms with E-state index >= 15 is 0 Å². The minimum Gasteiger partial charge on any atom is -0.375 e. The van der Waals surface area contributed by atoms with E-state index in [1.807, 2.05) is 20.8 Å². The fraction of sp³-hybridized carbons (Fsp3) is 0.737. The minimum atomic E-state index is -0.188. The number of hydrogen-bond donors (Lipinski definition) is 2. The van der Waals surface area contributed by atoms with E-state index in [-0.39, 0.29) is 23.0 Å². The molecule has 1 heterocycles. The largest absolute Gasteiger partial charge is 0.375 e. The third kappa shape index (κ3) is 12.1. The number of carbonyl (C=O) groups is 3. The van der Waals surface area contributed by atoms with Crippen LogP contribution in [0, 0.1) is 0 Å². The Labute approximate surface area is 164 Å². The maximum Gasteiger partial charge on any atom is 0.253 e. The van der Waals surface area contributed by atoms with Gasteiger partial charge in [0, 0.05) is 30.8 Å². The predicted octanol–water partition coefficient (Wildman–Crippen LogP) is 2.97. The molecule has 0 saturated carbocycles. The first-order valence-electron chi connectivity index (χ1n) is 8.92. The van der Waals surface area contributed by atoms with Gasteiger partial charge in [-0.05, 0) is 53.2 Å². The first kappa shape index (κ1) is 26.9. The molecule has 7 heteroatoms. The Bertz CT molecular complexity index is 444. The van der Waals surface area contributed by atoms with Crippen LogP contribution in [0.25, 0.3) is 0 Å². The summed E-state index contributed by atoms with van der Waals surface area (Å²) in [7, 11) is 0. The van der Waals surface area contributed by atoms with Gasteiger partial charge in [-0.15, -0.1) is 0 Å². The summed E-state index contributed by atoms with van der Waals surface area (Å²) in [6.45, 7) is 13.4. The van der Waals surface area contributed by atoms with Crippen LogP contribution in [-0.2, 0) is 19.1 Å². The molecule has 152 valence electrons. The highest BCUT2D eigenvalue weighted by molar-refractivity contribution is 7.79. The molecule has 1 aliphatic rings. The maximum atomic E-state index is 10.8. The number of rotatable bonds is 9. The number of imide groups is 1. The molecule has 6 nitrogen and oxygen atoms in total. The molecule has 26 heavy (non-hydrogen) atoms. The van der Waals surface area contributed by atoms with Crippen molar-refractivity contribution in [2.24, 2.45) is 0 Å². The van der Waals surface area contributed by atoms with E-state index < -0.39 is 0 Å². The molecule has 1 aliphatic heterocycles. The van der Waals surface area contributed by atoms with Gasteiger partial charge in [-0.1, -0.05) is 13.8 Å². The van der Waals surface area contributed by atoms with Crippen LogP contribution in [0.2, 0.25) is 0 Å². The lowest BCUT2D eigenvalue weighted by molar-refractivity contribution is -0.136. The highest BCUT2D eigenvalue weighted by atomic mass is 32.1. The van der Waals surface area contributed by atoms with Crippen molar-refractivity contribution < 1.29 is 19.1 Å². The Balaban J connectivity index is 0. The summed E-state index contributed by atoms with van der Waals surface area (Å²) in [6.07, 6.45) is 7.68. The van der Waals surface area contributed by atoms with E-state index in [9.17, 15) is 14.4 Å². The molecular weight excluding hydrogens is 352 g/mol. The molecular formula is C19H36N2O4S. The molecule has 0 fully saturated rings. The van der Waals surface area contributed by atoms with Gasteiger partial charge < -0.3 is 10.1 Å². The highest BCUT2D eigenvalue weighted by Crippen LogP contribution is 2.16. The topological polar surface area (TPSA) is 75.7 Å². The van der Waals surface area contributed by atoms with Crippen LogP contribution in [0.5, 0.6) is 0 Å². The molecule has 0 aromatic carbocycles. The van der Waals surface area contributed by atoms with Crippen molar-refractivity contribution >= 4 is 30.9 Å². The molecule has 0 unspecified atom stereocenters. The van der Waals surface area contributed by atoms with Crippen LogP contribution in [-0.4, -0.2) is 53.7 Å². The average molecular weight is 389 g/mol. The first-order valence-corrected chi connectivity index (χ1v) is 9.81. The van der Waals surface area contributed by atoms with Gasteiger partial charge >= 0.3 is 0 Å². The lowest BCUT2D eigenvalue weighted by Crippen LogP contribution is -2.40. The van der Waals surface area contributed by atoms with Crippen molar-refractivity contribution in [2.45, 2.75) is 71.9 Å². The van der Waals surface area contributed by atoms with Crippen LogP contribution in [0.4, 0.5) is 0 Å².